The first-order valence-corrected chi connectivity index (χ1v) is 6.67. The zero-order valence-corrected chi connectivity index (χ0v) is 12.0. The Labute approximate surface area is 114 Å². The van der Waals surface area contributed by atoms with Crippen molar-refractivity contribution in [2.75, 3.05) is 0 Å². The molecular weight excluding hydrogens is 245 g/mol. The number of hydrogen-bond acceptors (Lipinski definition) is 2. The fraction of sp³-hybridized carbons (Fsp3) is 0.533. The van der Waals surface area contributed by atoms with E-state index in [1.165, 1.54) is 6.07 Å². The van der Waals surface area contributed by atoms with Crippen molar-refractivity contribution < 1.29 is 13.9 Å². The molecule has 0 fully saturated rings. The molecule has 3 nitrogen and oxygen atoms in total. The average Bonchev–Trinajstić information content (AvgIpc) is 2.34. The first-order valence-electron chi connectivity index (χ1n) is 6.67. The molecule has 0 saturated carbocycles. The summed E-state index contributed by atoms with van der Waals surface area (Å²) in [4.78, 5) is 11.9. The highest BCUT2D eigenvalue weighted by atomic mass is 19.1. The van der Waals surface area contributed by atoms with Crippen LogP contribution < -0.4 is 10.1 Å². The first kappa shape index (κ1) is 15.5. The van der Waals surface area contributed by atoms with E-state index in [0.29, 0.717) is 0 Å². The molecule has 0 aliphatic rings. The van der Waals surface area contributed by atoms with Gasteiger partial charge in [-0.05, 0) is 44.9 Å². The van der Waals surface area contributed by atoms with Gasteiger partial charge in [0.15, 0.2) is 17.7 Å². The Balaban J connectivity index is 2.61. The molecular formula is C15H22FNO2. The van der Waals surface area contributed by atoms with E-state index in [-0.39, 0.29) is 17.7 Å². The monoisotopic (exact) mass is 267 g/mol. The van der Waals surface area contributed by atoms with Crippen LogP contribution in [0.3, 0.4) is 0 Å². The van der Waals surface area contributed by atoms with Gasteiger partial charge >= 0.3 is 0 Å². The summed E-state index contributed by atoms with van der Waals surface area (Å²) in [7, 11) is 0. The molecule has 0 bridgehead atoms. The van der Waals surface area contributed by atoms with Crippen LogP contribution in [-0.4, -0.2) is 18.1 Å². The Morgan fingerprint density at radius 3 is 2.74 bits per heavy atom. The Morgan fingerprint density at radius 1 is 1.42 bits per heavy atom. The lowest BCUT2D eigenvalue weighted by Gasteiger charge is -2.18. The Hall–Kier alpha value is -1.58. The number of aryl methyl sites for hydroxylation is 1. The summed E-state index contributed by atoms with van der Waals surface area (Å²) in [6.07, 6.45) is 1.20. The van der Waals surface area contributed by atoms with Crippen LogP contribution in [0.5, 0.6) is 5.75 Å². The molecule has 106 valence electrons. The summed E-state index contributed by atoms with van der Waals surface area (Å²) >= 11 is 0. The highest BCUT2D eigenvalue weighted by molar-refractivity contribution is 5.80. The summed E-state index contributed by atoms with van der Waals surface area (Å²) in [5.74, 6) is -0.556. The minimum absolute atomic E-state index is 0.103. The fourth-order valence-corrected chi connectivity index (χ4v) is 1.81. The lowest BCUT2D eigenvalue weighted by Crippen LogP contribution is -2.41. The van der Waals surface area contributed by atoms with Gasteiger partial charge in [-0.3, -0.25) is 4.79 Å². The van der Waals surface area contributed by atoms with Crippen LogP contribution in [-0.2, 0) is 4.79 Å². The van der Waals surface area contributed by atoms with Crippen molar-refractivity contribution in [2.24, 2.45) is 0 Å². The largest absolute Gasteiger partial charge is 0.478 e. The molecule has 1 aromatic carbocycles. The van der Waals surface area contributed by atoms with Crippen LogP contribution in [0, 0.1) is 12.7 Å². The van der Waals surface area contributed by atoms with Crippen LogP contribution in [0.1, 0.15) is 39.2 Å². The van der Waals surface area contributed by atoms with Crippen molar-refractivity contribution in [1.29, 1.82) is 0 Å². The molecule has 19 heavy (non-hydrogen) atoms. The molecule has 0 aliphatic heterocycles. The van der Waals surface area contributed by atoms with Gasteiger partial charge in [-0.2, -0.15) is 0 Å². The first-order chi connectivity index (χ1) is 8.93. The lowest BCUT2D eigenvalue weighted by atomic mass is 10.2. The van der Waals surface area contributed by atoms with Gasteiger partial charge in [0, 0.05) is 6.04 Å². The molecule has 0 saturated heterocycles. The second-order valence-electron chi connectivity index (χ2n) is 4.89. The number of hydrogen-bond donors (Lipinski definition) is 1. The van der Waals surface area contributed by atoms with E-state index >= 15 is 0 Å². The van der Waals surface area contributed by atoms with E-state index < -0.39 is 11.9 Å². The van der Waals surface area contributed by atoms with E-state index in [1.54, 1.807) is 19.1 Å². The van der Waals surface area contributed by atoms with Crippen LogP contribution >= 0.6 is 0 Å². The molecule has 1 N–H and O–H groups in total. The molecule has 0 aromatic heterocycles. The smallest absolute Gasteiger partial charge is 0.260 e. The molecule has 1 rings (SSSR count). The van der Waals surface area contributed by atoms with Gasteiger partial charge in [0.25, 0.3) is 5.91 Å². The van der Waals surface area contributed by atoms with Gasteiger partial charge < -0.3 is 10.1 Å². The SMILES string of the molecule is CCCC(C)NC(=O)C(C)Oc1cc(C)ccc1F. The van der Waals surface area contributed by atoms with Crippen molar-refractivity contribution in [3.63, 3.8) is 0 Å². The number of carbonyl (C=O) groups is 1. The predicted octanol–water partition coefficient (Wildman–Crippen LogP) is 3.21. The third-order valence-corrected chi connectivity index (χ3v) is 2.87. The number of halogens is 1. The Morgan fingerprint density at radius 2 is 2.11 bits per heavy atom. The average molecular weight is 267 g/mol. The highest BCUT2D eigenvalue weighted by Crippen LogP contribution is 2.19. The predicted molar refractivity (Wildman–Crippen MR) is 73.7 cm³/mol. The quantitative estimate of drug-likeness (QED) is 0.859. The number of carbonyl (C=O) groups excluding carboxylic acids is 1. The van der Waals surface area contributed by atoms with Gasteiger partial charge in [0.05, 0.1) is 0 Å². The molecule has 0 heterocycles. The number of benzene rings is 1. The number of nitrogens with one attached hydrogen (secondary N) is 1. The van der Waals surface area contributed by atoms with Gasteiger partial charge in [0.2, 0.25) is 0 Å². The van der Waals surface area contributed by atoms with E-state index in [0.717, 1.165) is 18.4 Å². The summed E-state index contributed by atoms with van der Waals surface area (Å²) < 4.78 is 18.9. The van der Waals surface area contributed by atoms with Crippen molar-refractivity contribution in [3.05, 3.63) is 29.6 Å². The summed E-state index contributed by atoms with van der Waals surface area (Å²) in [6, 6.07) is 4.70. The third kappa shape index (κ3) is 4.89. The van der Waals surface area contributed by atoms with E-state index in [9.17, 15) is 9.18 Å². The van der Waals surface area contributed by atoms with Crippen LogP contribution in [0.4, 0.5) is 4.39 Å². The van der Waals surface area contributed by atoms with Crippen molar-refractivity contribution >= 4 is 5.91 Å². The van der Waals surface area contributed by atoms with E-state index in [4.69, 9.17) is 4.74 Å². The zero-order chi connectivity index (χ0) is 14.4. The van der Waals surface area contributed by atoms with Gasteiger partial charge in [0.1, 0.15) is 0 Å². The van der Waals surface area contributed by atoms with E-state index in [1.807, 2.05) is 13.8 Å². The minimum atomic E-state index is -0.712. The Bertz CT molecular complexity index is 434. The summed E-state index contributed by atoms with van der Waals surface area (Å²) in [6.45, 7) is 7.47. The van der Waals surface area contributed by atoms with Crippen molar-refractivity contribution in [3.8, 4) is 5.75 Å². The van der Waals surface area contributed by atoms with Crippen molar-refractivity contribution in [2.45, 2.75) is 52.7 Å². The molecule has 0 spiro atoms. The number of amides is 1. The topological polar surface area (TPSA) is 38.3 Å². The maximum Gasteiger partial charge on any atom is 0.260 e. The number of ether oxygens (including phenoxy) is 1. The molecule has 1 amide bonds. The maximum absolute atomic E-state index is 13.5. The molecule has 4 heteroatoms. The van der Waals surface area contributed by atoms with Crippen LogP contribution in [0.15, 0.2) is 18.2 Å². The standard InChI is InChI=1S/C15H22FNO2/c1-5-6-11(3)17-15(18)12(4)19-14-9-10(2)7-8-13(14)16/h7-9,11-12H,5-6H2,1-4H3,(H,17,18). The number of rotatable bonds is 6. The maximum atomic E-state index is 13.5. The molecule has 2 unspecified atom stereocenters. The fourth-order valence-electron chi connectivity index (χ4n) is 1.81. The van der Waals surface area contributed by atoms with Gasteiger partial charge in [-0.15, -0.1) is 0 Å². The van der Waals surface area contributed by atoms with E-state index in [2.05, 4.69) is 12.2 Å². The molecule has 1 aromatic rings. The van der Waals surface area contributed by atoms with Gasteiger partial charge in [-0.1, -0.05) is 19.4 Å². The minimum Gasteiger partial charge on any atom is -0.478 e. The van der Waals surface area contributed by atoms with Crippen molar-refractivity contribution in [1.82, 2.24) is 5.32 Å². The molecule has 0 aliphatic carbocycles. The molecule has 0 radical (unpaired) electrons. The van der Waals surface area contributed by atoms with Gasteiger partial charge in [-0.25, -0.2) is 4.39 Å². The summed E-state index contributed by atoms with van der Waals surface area (Å²) in [5.41, 5.74) is 0.892. The lowest BCUT2D eigenvalue weighted by molar-refractivity contribution is -0.128. The normalized spacial score (nSPS) is 13.7. The Kier molecular flexibility index (Phi) is 5.80. The zero-order valence-electron chi connectivity index (χ0n) is 12.0. The second kappa shape index (κ2) is 7.12. The molecule has 2 atom stereocenters. The van der Waals surface area contributed by atoms with Crippen LogP contribution in [0.25, 0.3) is 0 Å². The highest BCUT2D eigenvalue weighted by Gasteiger charge is 2.18. The van der Waals surface area contributed by atoms with Crippen LogP contribution in [0.2, 0.25) is 0 Å². The third-order valence-electron chi connectivity index (χ3n) is 2.87. The summed E-state index contributed by atoms with van der Waals surface area (Å²) in [5, 5.41) is 2.85. The second-order valence-corrected chi connectivity index (χ2v) is 4.89.